The first-order valence-corrected chi connectivity index (χ1v) is 8.32. The Morgan fingerprint density at radius 2 is 1.95 bits per heavy atom. The lowest BCUT2D eigenvalue weighted by Gasteiger charge is -2.07. The van der Waals surface area contributed by atoms with Gasteiger partial charge in [-0.25, -0.2) is 0 Å². The Kier molecular flexibility index (Phi) is 4.75. The van der Waals surface area contributed by atoms with Crippen LogP contribution >= 0.6 is 11.3 Å². The van der Waals surface area contributed by atoms with Crippen LogP contribution < -0.4 is 4.74 Å². The van der Waals surface area contributed by atoms with Gasteiger partial charge in [0.15, 0.2) is 0 Å². The van der Waals surface area contributed by atoms with Crippen molar-refractivity contribution in [2.45, 2.75) is 13.3 Å². The smallest absolute Gasteiger partial charge is 0.120 e. The summed E-state index contributed by atoms with van der Waals surface area (Å²) < 4.78 is 5.92. The normalized spacial score (nSPS) is 10.2. The molecule has 0 aliphatic heterocycles. The molecule has 0 amide bonds. The van der Waals surface area contributed by atoms with Gasteiger partial charge in [0.2, 0.25) is 0 Å². The SMILES string of the molecule is CCC(=C=Cc1cccs1)COc1ccc2ccccc2c1. The maximum Gasteiger partial charge on any atom is 0.120 e. The average Bonchev–Trinajstić information content (AvgIpc) is 3.08. The third-order valence-electron chi connectivity index (χ3n) is 3.52. The lowest BCUT2D eigenvalue weighted by molar-refractivity contribution is 0.349. The Labute approximate surface area is 135 Å². The zero-order chi connectivity index (χ0) is 15.2. The third kappa shape index (κ3) is 3.67. The minimum absolute atomic E-state index is 0.580. The highest BCUT2D eigenvalue weighted by Crippen LogP contribution is 2.21. The molecule has 1 nitrogen and oxygen atoms in total. The Balaban J connectivity index is 1.73. The van der Waals surface area contributed by atoms with Crippen LogP contribution in [0.3, 0.4) is 0 Å². The van der Waals surface area contributed by atoms with E-state index in [9.17, 15) is 0 Å². The second kappa shape index (κ2) is 7.13. The van der Waals surface area contributed by atoms with Crippen LogP contribution in [0, 0.1) is 0 Å². The first-order chi connectivity index (χ1) is 10.8. The monoisotopic (exact) mass is 306 g/mol. The van der Waals surface area contributed by atoms with Gasteiger partial charge in [-0.05, 0) is 46.8 Å². The zero-order valence-corrected chi connectivity index (χ0v) is 13.4. The Hall–Kier alpha value is -2.28. The number of hydrogen-bond acceptors (Lipinski definition) is 2. The minimum atomic E-state index is 0.580. The molecular formula is C20H18OS. The molecule has 0 saturated heterocycles. The quantitative estimate of drug-likeness (QED) is 0.531. The molecule has 0 aliphatic carbocycles. The van der Waals surface area contributed by atoms with E-state index in [4.69, 9.17) is 4.74 Å². The van der Waals surface area contributed by atoms with Gasteiger partial charge in [-0.3, -0.25) is 0 Å². The van der Waals surface area contributed by atoms with Crippen LogP contribution in [0.15, 0.2) is 71.3 Å². The predicted molar refractivity (Wildman–Crippen MR) is 95.5 cm³/mol. The van der Waals surface area contributed by atoms with Gasteiger partial charge >= 0.3 is 0 Å². The first kappa shape index (κ1) is 14.6. The van der Waals surface area contributed by atoms with Gasteiger partial charge in [-0.2, -0.15) is 0 Å². The summed E-state index contributed by atoms with van der Waals surface area (Å²) in [5, 5.41) is 4.51. The number of benzene rings is 2. The molecule has 0 unspecified atom stereocenters. The van der Waals surface area contributed by atoms with Gasteiger partial charge in [-0.15, -0.1) is 17.1 Å². The van der Waals surface area contributed by atoms with Gasteiger partial charge < -0.3 is 4.74 Å². The molecule has 0 fully saturated rings. The molecule has 3 aromatic rings. The lowest BCUT2D eigenvalue weighted by atomic mass is 10.1. The molecule has 3 rings (SSSR count). The van der Waals surface area contributed by atoms with E-state index in [1.807, 2.05) is 18.2 Å². The van der Waals surface area contributed by atoms with E-state index in [0.29, 0.717) is 6.61 Å². The van der Waals surface area contributed by atoms with Crippen molar-refractivity contribution in [3.8, 4) is 5.75 Å². The molecule has 0 saturated carbocycles. The van der Waals surface area contributed by atoms with E-state index in [2.05, 4.69) is 60.5 Å². The van der Waals surface area contributed by atoms with Gasteiger partial charge in [-0.1, -0.05) is 43.3 Å². The van der Waals surface area contributed by atoms with Crippen molar-refractivity contribution < 1.29 is 4.74 Å². The summed E-state index contributed by atoms with van der Waals surface area (Å²) in [5.74, 6) is 0.905. The number of rotatable bonds is 5. The summed E-state index contributed by atoms with van der Waals surface area (Å²) in [6.45, 7) is 2.71. The van der Waals surface area contributed by atoms with Crippen LogP contribution in [0.2, 0.25) is 0 Å². The summed E-state index contributed by atoms with van der Waals surface area (Å²) in [6, 6.07) is 18.7. The molecular weight excluding hydrogens is 288 g/mol. The maximum absolute atomic E-state index is 5.92. The van der Waals surface area contributed by atoms with Crippen LogP contribution in [-0.2, 0) is 0 Å². The standard InChI is InChI=1S/C20H18OS/c1-2-16(9-12-20-8-5-13-22-20)15-21-19-11-10-17-6-3-4-7-18(17)14-19/h3-8,10-14H,2,15H2,1H3. The second-order valence-corrected chi connectivity index (χ2v) is 6.04. The Morgan fingerprint density at radius 1 is 1.09 bits per heavy atom. The lowest BCUT2D eigenvalue weighted by Crippen LogP contribution is -1.99. The van der Waals surface area contributed by atoms with Gasteiger partial charge in [0.25, 0.3) is 0 Å². The van der Waals surface area contributed by atoms with E-state index < -0.39 is 0 Å². The van der Waals surface area contributed by atoms with E-state index >= 15 is 0 Å². The molecule has 0 radical (unpaired) electrons. The van der Waals surface area contributed by atoms with E-state index in [1.54, 1.807) is 11.3 Å². The van der Waals surface area contributed by atoms with Crippen LogP contribution in [0.4, 0.5) is 0 Å². The summed E-state index contributed by atoms with van der Waals surface area (Å²) in [7, 11) is 0. The van der Waals surface area contributed by atoms with Crippen molar-refractivity contribution in [3.63, 3.8) is 0 Å². The minimum Gasteiger partial charge on any atom is -0.489 e. The molecule has 1 aromatic heterocycles. The van der Waals surface area contributed by atoms with Crippen molar-refractivity contribution in [1.29, 1.82) is 0 Å². The molecule has 0 bridgehead atoms. The molecule has 110 valence electrons. The van der Waals surface area contributed by atoms with Crippen LogP contribution in [-0.4, -0.2) is 6.61 Å². The molecule has 1 heterocycles. The maximum atomic E-state index is 5.92. The molecule has 22 heavy (non-hydrogen) atoms. The zero-order valence-electron chi connectivity index (χ0n) is 12.6. The Morgan fingerprint density at radius 3 is 2.73 bits per heavy atom. The van der Waals surface area contributed by atoms with Crippen LogP contribution in [0.25, 0.3) is 16.8 Å². The molecule has 2 heteroatoms. The van der Waals surface area contributed by atoms with Crippen molar-refractivity contribution in [2.24, 2.45) is 0 Å². The summed E-state index contributed by atoms with van der Waals surface area (Å²) in [6.07, 6.45) is 2.97. The van der Waals surface area contributed by atoms with E-state index in [0.717, 1.165) is 12.2 Å². The fourth-order valence-electron chi connectivity index (χ4n) is 2.22. The average molecular weight is 306 g/mol. The molecule has 0 spiro atoms. The Bertz CT molecular complexity index is 809. The first-order valence-electron chi connectivity index (χ1n) is 7.44. The highest BCUT2D eigenvalue weighted by molar-refractivity contribution is 7.10. The molecule has 0 N–H and O–H groups in total. The summed E-state index contributed by atoms with van der Waals surface area (Å²) >= 11 is 1.72. The summed E-state index contributed by atoms with van der Waals surface area (Å²) in [5.41, 5.74) is 4.52. The van der Waals surface area contributed by atoms with Gasteiger partial charge in [0.1, 0.15) is 12.4 Å². The fourth-order valence-corrected chi connectivity index (χ4v) is 2.82. The van der Waals surface area contributed by atoms with Crippen molar-refractivity contribution in [1.82, 2.24) is 0 Å². The molecule has 0 atom stereocenters. The highest BCUT2D eigenvalue weighted by Gasteiger charge is 1.99. The largest absolute Gasteiger partial charge is 0.489 e. The van der Waals surface area contributed by atoms with Crippen molar-refractivity contribution in [3.05, 3.63) is 76.2 Å². The van der Waals surface area contributed by atoms with Crippen LogP contribution in [0.5, 0.6) is 5.75 Å². The van der Waals surface area contributed by atoms with E-state index in [1.165, 1.54) is 21.2 Å². The molecule has 0 aliphatic rings. The number of fused-ring (bicyclic) bond motifs is 1. The second-order valence-electron chi connectivity index (χ2n) is 5.06. The molecule has 2 aromatic carbocycles. The highest BCUT2D eigenvalue weighted by atomic mass is 32.1. The van der Waals surface area contributed by atoms with Gasteiger partial charge in [0, 0.05) is 10.5 Å². The van der Waals surface area contributed by atoms with E-state index in [-0.39, 0.29) is 0 Å². The van der Waals surface area contributed by atoms with Gasteiger partial charge in [0.05, 0.1) is 0 Å². The number of hydrogen-bond donors (Lipinski definition) is 0. The van der Waals surface area contributed by atoms with Crippen molar-refractivity contribution in [2.75, 3.05) is 6.61 Å². The predicted octanol–water partition coefficient (Wildman–Crippen LogP) is 5.93. The number of thiophene rings is 1. The topological polar surface area (TPSA) is 9.23 Å². The number of ether oxygens (including phenoxy) is 1. The third-order valence-corrected chi connectivity index (χ3v) is 4.34. The fraction of sp³-hybridized carbons (Fsp3) is 0.150. The van der Waals surface area contributed by atoms with Crippen molar-refractivity contribution >= 4 is 28.2 Å². The van der Waals surface area contributed by atoms with Crippen LogP contribution in [0.1, 0.15) is 18.2 Å². The summed E-state index contributed by atoms with van der Waals surface area (Å²) in [4.78, 5) is 1.22.